The molecule has 1 aliphatic heterocycles. The first-order valence-electron chi connectivity index (χ1n) is 5.48. The summed E-state index contributed by atoms with van der Waals surface area (Å²) in [5, 5.41) is 3.70. The molecular formula is C12H15ClFNO. The van der Waals surface area contributed by atoms with Crippen molar-refractivity contribution in [3.8, 4) is 5.75 Å². The number of hydrogen-bond acceptors (Lipinski definition) is 2. The lowest BCUT2D eigenvalue weighted by atomic mass is 9.97. The molecule has 0 amide bonds. The Morgan fingerprint density at radius 2 is 2.25 bits per heavy atom. The Hall–Kier alpha value is -0.800. The molecule has 1 atom stereocenters. The third-order valence-electron chi connectivity index (χ3n) is 2.94. The van der Waals surface area contributed by atoms with E-state index >= 15 is 0 Å². The summed E-state index contributed by atoms with van der Waals surface area (Å²) in [6.45, 7) is 0.982. The molecule has 1 heterocycles. The average Bonchev–Trinajstić information content (AvgIpc) is 2.30. The van der Waals surface area contributed by atoms with Gasteiger partial charge in [0.25, 0.3) is 0 Å². The van der Waals surface area contributed by atoms with Crippen LogP contribution in [0.25, 0.3) is 0 Å². The number of methoxy groups -OCH3 is 1. The highest BCUT2D eigenvalue weighted by Gasteiger charge is 2.18. The van der Waals surface area contributed by atoms with E-state index in [0.29, 0.717) is 5.02 Å². The molecule has 88 valence electrons. The minimum Gasteiger partial charge on any atom is -0.492 e. The van der Waals surface area contributed by atoms with Crippen LogP contribution >= 0.6 is 11.6 Å². The molecule has 1 fully saturated rings. The van der Waals surface area contributed by atoms with Gasteiger partial charge in [-0.1, -0.05) is 18.0 Å². The molecule has 1 unspecified atom stereocenters. The summed E-state index contributed by atoms with van der Waals surface area (Å²) in [6.07, 6.45) is 3.38. The Kier molecular flexibility index (Phi) is 3.66. The van der Waals surface area contributed by atoms with E-state index in [1.807, 2.05) is 0 Å². The highest BCUT2D eigenvalue weighted by atomic mass is 35.5. The van der Waals surface area contributed by atoms with Crippen molar-refractivity contribution in [1.29, 1.82) is 0 Å². The van der Waals surface area contributed by atoms with E-state index < -0.39 is 5.82 Å². The van der Waals surface area contributed by atoms with Gasteiger partial charge in [-0.15, -0.1) is 0 Å². The summed E-state index contributed by atoms with van der Waals surface area (Å²) in [5.41, 5.74) is 0.906. The molecule has 4 heteroatoms. The molecule has 2 nitrogen and oxygen atoms in total. The zero-order valence-corrected chi connectivity index (χ0v) is 9.98. The molecule has 0 aliphatic carbocycles. The van der Waals surface area contributed by atoms with E-state index in [0.717, 1.165) is 18.5 Å². The van der Waals surface area contributed by atoms with Crippen molar-refractivity contribution in [3.63, 3.8) is 0 Å². The number of nitrogens with one attached hydrogen (secondary N) is 1. The predicted octanol–water partition coefficient (Wildman–Crippen LogP) is 3.30. The van der Waals surface area contributed by atoms with Gasteiger partial charge in [-0.05, 0) is 37.1 Å². The van der Waals surface area contributed by atoms with Gasteiger partial charge < -0.3 is 10.1 Å². The van der Waals surface area contributed by atoms with E-state index in [2.05, 4.69) is 5.32 Å². The number of benzene rings is 1. The first kappa shape index (κ1) is 11.7. The van der Waals surface area contributed by atoms with Gasteiger partial charge in [-0.2, -0.15) is 0 Å². The van der Waals surface area contributed by atoms with Crippen LogP contribution in [0.1, 0.15) is 30.9 Å². The fourth-order valence-corrected chi connectivity index (χ4v) is 2.41. The highest BCUT2D eigenvalue weighted by molar-refractivity contribution is 6.32. The van der Waals surface area contributed by atoms with Gasteiger partial charge >= 0.3 is 0 Å². The SMILES string of the molecule is COc1c(F)cc(C2CCCCN2)cc1Cl. The van der Waals surface area contributed by atoms with Crippen LogP contribution in [0.2, 0.25) is 5.02 Å². The fourth-order valence-electron chi connectivity index (χ4n) is 2.11. The lowest BCUT2D eigenvalue weighted by Crippen LogP contribution is -2.26. The van der Waals surface area contributed by atoms with Crippen LogP contribution in [-0.2, 0) is 0 Å². The minimum absolute atomic E-state index is 0.126. The second-order valence-electron chi connectivity index (χ2n) is 4.02. The van der Waals surface area contributed by atoms with Crippen LogP contribution in [0.3, 0.4) is 0 Å². The third kappa shape index (κ3) is 2.30. The molecule has 1 aromatic rings. The van der Waals surface area contributed by atoms with Gasteiger partial charge in [0.1, 0.15) is 0 Å². The molecule has 0 spiro atoms. The molecule has 1 saturated heterocycles. The fraction of sp³-hybridized carbons (Fsp3) is 0.500. The van der Waals surface area contributed by atoms with Gasteiger partial charge in [-0.25, -0.2) is 4.39 Å². The molecule has 1 N–H and O–H groups in total. The van der Waals surface area contributed by atoms with Crippen molar-refractivity contribution in [1.82, 2.24) is 5.32 Å². The molecular weight excluding hydrogens is 229 g/mol. The zero-order chi connectivity index (χ0) is 11.5. The van der Waals surface area contributed by atoms with Gasteiger partial charge in [0.2, 0.25) is 0 Å². The monoisotopic (exact) mass is 243 g/mol. The van der Waals surface area contributed by atoms with E-state index in [9.17, 15) is 4.39 Å². The molecule has 0 bridgehead atoms. The quantitative estimate of drug-likeness (QED) is 0.861. The van der Waals surface area contributed by atoms with Crippen LogP contribution in [0.5, 0.6) is 5.75 Å². The molecule has 16 heavy (non-hydrogen) atoms. The Morgan fingerprint density at radius 3 is 2.81 bits per heavy atom. The Balaban J connectivity index is 2.28. The summed E-state index contributed by atoms with van der Waals surface area (Å²) in [4.78, 5) is 0. The Bertz CT molecular complexity index is 354. The van der Waals surface area contributed by atoms with Gasteiger partial charge in [0.05, 0.1) is 12.1 Å². The highest BCUT2D eigenvalue weighted by Crippen LogP contribution is 2.33. The largest absolute Gasteiger partial charge is 0.492 e. The predicted molar refractivity (Wildman–Crippen MR) is 62.6 cm³/mol. The second kappa shape index (κ2) is 5.02. The number of ether oxygens (including phenoxy) is 1. The number of piperidine rings is 1. The van der Waals surface area contributed by atoms with Crippen molar-refractivity contribution in [3.05, 3.63) is 28.5 Å². The maximum absolute atomic E-state index is 13.6. The Morgan fingerprint density at radius 1 is 1.44 bits per heavy atom. The number of halogens is 2. The molecule has 2 rings (SSSR count). The summed E-state index contributed by atoms with van der Waals surface area (Å²) in [6, 6.07) is 3.51. The van der Waals surface area contributed by atoms with Gasteiger partial charge in [-0.3, -0.25) is 0 Å². The number of hydrogen-bond donors (Lipinski definition) is 1. The van der Waals surface area contributed by atoms with Gasteiger partial charge in [0, 0.05) is 6.04 Å². The lowest BCUT2D eigenvalue weighted by Gasteiger charge is -2.24. The van der Waals surface area contributed by atoms with Crippen LogP contribution < -0.4 is 10.1 Å². The van der Waals surface area contributed by atoms with Crippen molar-refractivity contribution in [2.24, 2.45) is 0 Å². The molecule has 0 aromatic heterocycles. The second-order valence-corrected chi connectivity index (χ2v) is 4.43. The van der Waals surface area contributed by atoms with Crippen molar-refractivity contribution >= 4 is 11.6 Å². The standard InChI is InChI=1S/C12H15ClFNO/c1-16-12-9(13)6-8(7-10(12)14)11-4-2-3-5-15-11/h6-7,11,15H,2-5H2,1H3. The lowest BCUT2D eigenvalue weighted by molar-refractivity contribution is 0.382. The zero-order valence-electron chi connectivity index (χ0n) is 9.22. The van der Waals surface area contributed by atoms with Crippen LogP contribution in [0.4, 0.5) is 4.39 Å². The Labute approximate surface area is 99.7 Å². The van der Waals surface area contributed by atoms with Crippen LogP contribution in [0, 0.1) is 5.82 Å². The van der Waals surface area contributed by atoms with E-state index in [1.165, 1.54) is 26.0 Å². The first-order chi connectivity index (χ1) is 7.72. The van der Waals surface area contributed by atoms with Crippen LogP contribution in [0.15, 0.2) is 12.1 Å². The minimum atomic E-state index is -0.391. The molecule has 0 radical (unpaired) electrons. The molecule has 1 aliphatic rings. The first-order valence-corrected chi connectivity index (χ1v) is 5.86. The van der Waals surface area contributed by atoms with E-state index in [-0.39, 0.29) is 11.8 Å². The summed E-state index contributed by atoms with van der Waals surface area (Å²) < 4.78 is 18.5. The van der Waals surface area contributed by atoms with Crippen molar-refractivity contribution in [2.75, 3.05) is 13.7 Å². The third-order valence-corrected chi connectivity index (χ3v) is 3.22. The average molecular weight is 244 g/mol. The molecule has 1 aromatic carbocycles. The van der Waals surface area contributed by atoms with Crippen LogP contribution in [-0.4, -0.2) is 13.7 Å². The summed E-state index contributed by atoms with van der Waals surface area (Å²) in [5.74, 6) is -0.265. The normalized spacial score (nSPS) is 20.8. The maximum atomic E-state index is 13.6. The maximum Gasteiger partial charge on any atom is 0.173 e. The van der Waals surface area contributed by atoms with Crippen molar-refractivity contribution < 1.29 is 9.13 Å². The number of rotatable bonds is 2. The topological polar surface area (TPSA) is 21.3 Å². The van der Waals surface area contributed by atoms with Gasteiger partial charge in [0.15, 0.2) is 11.6 Å². The van der Waals surface area contributed by atoms with E-state index in [4.69, 9.17) is 16.3 Å². The smallest absolute Gasteiger partial charge is 0.173 e. The van der Waals surface area contributed by atoms with E-state index in [1.54, 1.807) is 6.07 Å². The molecule has 0 saturated carbocycles. The van der Waals surface area contributed by atoms with Crippen molar-refractivity contribution in [2.45, 2.75) is 25.3 Å². The summed E-state index contributed by atoms with van der Waals surface area (Å²) >= 11 is 5.96. The summed E-state index contributed by atoms with van der Waals surface area (Å²) in [7, 11) is 1.42.